The summed E-state index contributed by atoms with van der Waals surface area (Å²) in [5, 5.41) is 4.84. The summed E-state index contributed by atoms with van der Waals surface area (Å²) < 4.78 is 25.3. The van der Waals surface area contributed by atoms with E-state index in [1.807, 2.05) is 18.2 Å². The number of benzene rings is 5. The van der Waals surface area contributed by atoms with Gasteiger partial charge >= 0.3 is 0 Å². The third-order valence-electron chi connectivity index (χ3n) is 8.72. The number of hydrogen-bond donors (Lipinski definition) is 0. The Morgan fingerprint density at radius 2 is 1.48 bits per heavy atom. The van der Waals surface area contributed by atoms with Crippen LogP contribution in [-0.4, -0.2) is 14.5 Å². The Morgan fingerprint density at radius 1 is 0.740 bits per heavy atom. The summed E-state index contributed by atoms with van der Waals surface area (Å²) in [5.74, 6) is 1.74. The molecule has 0 atom stereocenters. The molecule has 0 spiro atoms. The van der Waals surface area contributed by atoms with Crippen molar-refractivity contribution >= 4 is 32.5 Å². The summed E-state index contributed by atoms with van der Waals surface area (Å²) in [7, 11) is 0. The van der Waals surface area contributed by atoms with E-state index in [1.165, 1.54) is 44.2 Å². The fraction of sp³-hybridized carbons (Fsp3) is 0.156. The topological polar surface area (TPSA) is 30.7 Å². The van der Waals surface area contributed by atoms with Gasteiger partial charge in [-0.05, 0) is 64.3 Å². The van der Waals surface area contributed by atoms with Crippen LogP contribution in [0, 0.1) is 18.3 Å². The number of aromatic nitrogens is 3. The van der Waals surface area contributed by atoms with Gasteiger partial charge in [0, 0.05) is 36.1 Å². The predicted molar refractivity (Wildman–Crippen MR) is 208 cm³/mol. The summed E-state index contributed by atoms with van der Waals surface area (Å²) in [5.41, 5.74) is 11.4. The average Bonchev–Trinajstić information content (AvgIpc) is 3.76. The van der Waals surface area contributed by atoms with Crippen molar-refractivity contribution in [1.29, 1.82) is 0 Å². The van der Waals surface area contributed by atoms with Gasteiger partial charge in [-0.2, -0.15) is 0 Å². The summed E-state index contributed by atoms with van der Waals surface area (Å²) >= 11 is 1.67. The van der Waals surface area contributed by atoms with Crippen LogP contribution in [0.5, 0.6) is 0 Å². The molecule has 8 aromatic rings. The van der Waals surface area contributed by atoms with Crippen LogP contribution in [0.25, 0.3) is 60.6 Å². The molecule has 0 amide bonds. The van der Waals surface area contributed by atoms with E-state index in [4.69, 9.17) is 9.10 Å². The number of rotatable bonds is 6. The summed E-state index contributed by atoms with van der Waals surface area (Å²) in [6.45, 7) is 7.02. The van der Waals surface area contributed by atoms with E-state index >= 15 is 0 Å². The van der Waals surface area contributed by atoms with E-state index in [9.17, 15) is 0 Å². The molecule has 8 rings (SSSR count). The van der Waals surface area contributed by atoms with E-state index in [1.54, 1.807) is 29.5 Å². The van der Waals surface area contributed by atoms with Gasteiger partial charge in [-0.25, -0.2) is 0 Å². The third-order valence-corrected chi connectivity index (χ3v) is 9.60. The molecule has 50 heavy (non-hydrogen) atoms. The average molecular weight is 849 g/mol. The van der Waals surface area contributed by atoms with Crippen LogP contribution in [0.1, 0.15) is 60.3 Å². The molecule has 3 aromatic heterocycles. The SMILES string of the molecule is CC(C)c1cccc(C(C)C)c1-n1c(-c2[c-]sc3ccc(-c4ccccc4)cc23)nc2ccccc21.[2H]C([2H])([2H])c1ccc(-c2[c-]cccc2)nc1.[Ir]. The molecular weight excluding hydrogens is 807 g/mol. The second-order valence-corrected chi connectivity index (χ2v) is 13.6. The van der Waals surface area contributed by atoms with Gasteiger partial charge in [-0.15, -0.1) is 41.3 Å². The van der Waals surface area contributed by atoms with E-state index in [2.05, 4.69) is 140 Å². The Hall–Kier alpha value is -4.67. The van der Waals surface area contributed by atoms with Crippen LogP contribution in [0.3, 0.4) is 0 Å². The van der Waals surface area contributed by atoms with Crippen molar-refractivity contribution in [1.82, 2.24) is 14.5 Å². The largest absolute Gasteiger partial charge is 0.333 e. The zero-order valence-corrected chi connectivity index (χ0v) is 31.7. The molecule has 5 heteroatoms. The molecule has 0 N–H and O–H groups in total. The Morgan fingerprint density at radius 3 is 2.16 bits per heavy atom. The van der Waals surface area contributed by atoms with E-state index in [0.29, 0.717) is 11.8 Å². The monoisotopic (exact) mass is 849 g/mol. The quantitative estimate of drug-likeness (QED) is 0.156. The standard InChI is InChI=1S/C33H29N2S.C12H10N.Ir/c1-21(2)25-13-10-14-26(22(3)4)32(25)35-30-16-9-8-15-29(30)34-33(35)28-20-36-31-18-17-24(19-27(28)31)23-11-6-5-7-12-23;1-10-7-8-12(13-9-10)11-5-3-2-4-6-11;/h5-19,21-22H,1-4H3;2-5,7-9H,1H3;/q2*-1;/i;1D3;. The minimum atomic E-state index is -2.09. The van der Waals surface area contributed by atoms with Crippen LogP contribution >= 0.6 is 11.3 Å². The third kappa shape index (κ3) is 7.13. The number of fused-ring (bicyclic) bond motifs is 2. The van der Waals surface area contributed by atoms with Gasteiger partial charge in [0.25, 0.3) is 0 Å². The van der Waals surface area contributed by atoms with Crippen molar-refractivity contribution in [3.8, 4) is 39.5 Å². The zero-order chi connectivity index (χ0) is 36.4. The van der Waals surface area contributed by atoms with Crippen LogP contribution in [-0.2, 0) is 20.1 Å². The Kier molecular flexibility index (Phi) is 9.70. The minimum Gasteiger partial charge on any atom is -0.333 e. The van der Waals surface area contributed by atoms with E-state index in [0.717, 1.165) is 33.7 Å². The maximum atomic E-state index is 7.23. The first-order valence-corrected chi connectivity index (χ1v) is 17.5. The summed E-state index contributed by atoms with van der Waals surface area (Å²) in [6.07, 6.45) is 1.39. The molecule has 0 bridgehead atoms. The number of aryl methyl sites for hydroxylation is 1. The molecule has 251 valence electrons. The van der Waals surface area contributed by atoms with Crippen molar-refractivity contribution in [2.75, 3.05) is 0 Å². The number of imidazole rings is 1. The number of pyridine rings is 1. The zero-order valence-electron chi connectivity index (χ0n) is 31.4. The molecule has 0 saturated heterocycles. The first kappa shape index (κ1) is 31.3. The molecule has 1 radical (unpaired) electrons. The molecule has 3 nitrogen and oxygen atoms in total. The molecule has 0 saturated carbocycles. The molecule has 0 aliphatic carbocycles. The Bertz CT molecular complexity index is 2420. The maximum Gasteiger partial charge on any atom is 0.0774 e. The number of thiophene rings is 1. The predicted octanol–water partition coefficient (Wildman–Crippen LogP) is 12.5. The van der Waals surface area contributed by atoms with Gasteiger partial charge in [0.1, 0.15) is 0 Å². The van der Waals surface area contributed by atoms with Gasteiger partial charge in [0.15, 0.2) is 0 Å². The Labute approximate surface area is 317 Å². The van der Waals surface area contributed by atoms with Gasteiger partial charge in [-0.3, -0.25) is 16.3 Å². The fourth-order valence-electron chi connectivity index (χ4n) is 6.25. The van der Waals surface area contributed by atoms with E-state index in [-0.39, 0.29) is 25.7 Å². The second-order valence-electron chi connectivity index (χ2n) is 12.7. The van der Waals surface area contributed by atoms with Crippen molar-refractivity contribution in [3.63, 3.8) is 0 Å². The molecule has 0 aliphatic rings. The van der Waals surface area contributed by atoms with Crippen LogP contribution in [0.15, 0.2) is 134 Å². The van der Waals surface area contributed by atoms with Gasteiger partial charge in [0.2, 0.25) is 0 Å². The number of nitrogens with zero attached hydrogens (tertiary/aromatic N) is 3. The first-order valence-electron chi connectivity index (χ1n) is 18.1. The first-order chi connectivity index (χ1) is 25.1. The normalized spacial score (nSPS) is 12.2. The number of para-hydroxylation sites is 3. The molecule has 0 fully saturated rings. The molecule has 0 unspecified atom stereocenters. The number of hydrogen-bond acceptors (Lipinski definition) is 3. The van der Waals surface area contributed by atoms with Gasteiger partial charge in [0.05, 0.1) is 16.9 Å². The molecule has 5 aromatic carbocycles. The van der Waals surface area contributed by atoms with Gasteiger partial charge < -0.3 is 9.55 Å². The maximum absolute atomic E-state index is 7.23. The van der Waals surface area contributed by atoms with Crippen LogP contribution in [0.4, 0.5) is 0 Å². The smallest absolute Gasteiger partial charge is 0.0774 e. The van der Waals surface area contributed by atoms with Crippen molar-refractivity contribution < 1.29 is 24.2 Å². The van der Waals surface area contributed by atoms with Crippen LogP contribution < -0.4 is 0 Å². The minimum absolute atomic E-state index is 0. The van der Waals surface area contributed by atoms with Crippen molar-refractivity contribution in [3.05, 3.63) is 162 Å². The summed E-state index contributed by atoms with van der Waals surface area (Å²) in [6, 6.07) is 46.3. The molecular formula is C45H39IrN3S-2. The second kappa shape index (κ2) is 15.5. The van der Waals surface area contributed by atoms with Crippen molar-refractivity contribution in [2.45, 2.75) is 46.4 Å². The van der Waals surface area contributed by atoms with Gasteiger partial charge in [-0.1, -0.05) is 134 Å². The van der Waals surface area contributed by atoms with Crippen molar-refractivity contribution in [2.24, 2.45) is 0 Å². The van der Waals surface area contributed by atoms with Crippen LogP contribution in [0.2, 0.25) is 0 Å². The Balaban J connectivity index is 0.000000238. The molecule has 0 aliphatic heterocycles. The van der Waals surface area contributed by atoms with E-state index < -0.39 is 6.85 Å². The fourth-order valence-corrected chi connectivity index (χ4v) is 7.07. The molecule has 3 heterocycles. The summed E-state index contributed by atoms with van der Waals surface area (Å²) in [4.78, 5) is 9.35.